The van der Waals surface area contributed by atoms with Crippen LogP contribution in [0.15, 0.2) is 60.8 Å². The van der Waals surface area contributed by atoms with Crippen LogP contribution in [0, 0.1) is 0 Å². The highest BCUT2D eigenvalue weighted by Gasteiger charge is 2.02. The molecule has 1 amide bonds. The van der Waals surface area contributed by atoms with Crippen molar-refractivity contribution < 1.29 is 4.79 Å². The SMILES string of the molecule is C=C(C)C(=O)Nc1ccc(NCCc2ccccc2)nc1. The summed E-state index contributed by atoms with van der Waals surface area (Å²) in [5.74, 6) is 0.598. The molecule has 0 fully saturated rings. The number of aromatic nitrogens is 1. The van der Waals surface area contributed by atoms with Crippen molar-refractivity contribution in [1.29, 1.82) is 0 Å². The summed E-state index contributed by atoms with van der Waals surface area (Å²) >= 11 is 0. The zero-order valence-electron chi connectivity index (χ0n) is 12.1. The van der Waals surface area contributed by atoms with Gasteiger partial charge >= 0.3 is 0 Å². The summed E-state index contributed by atoms with van der Waals surface area (Å²) in [5, 5.41) is 5.98. The molecule has 108 valence electrons. The smallest absolute Gasteiger partial charge is 0.250 e. The second-order valence-electron chi connectivity index (χ2n) is 4.83. The van der Waals surface area contributed by atoms with Crippen molar-refractivity contribution in [3.63, 3.8) is 0 Å². The third-order valence-corrected chi connectivity index (χ3v) is 2.97. The van der Waals surface area contributed by atoms with Gasteiger partial charge in [-0.05, 0) is 31.0 Å². The lowest BCUT2D eigenvalue weighted by Gasteiger charge is -2.08. The Labute approximate surface area is 124 Å². The van der Waals surface area contributed by atoms with Gasteiger partial charge in [-0.1, -0.05) is 36.9 Å². The molecule has 0 atom stereocenters. The highest BCUT2D eigenvalue weighted by molar-refractivity contribution is 6.02. The van der Waals surface area contributed by atoms with Crippen LogP contribution in [-0.4, -0.2) is 17.4 Å². The quantitative estimate of drug-likeness (QED) is 0.799. The van der Waals surface area contributed by atoms with Crippen LogP contribution in [0.4, 0.5) is 11.5 Å². The minimum Gasteiger partial charge on any atom is -0.370 e. The molecule has 1 aromatic carbocycles. The van der Waals surface area contributed by atoms with E-state index in [0.717, 1.165) is 18.8 Å². The Morgan fingerprint density at radius 2 is 1.95 bits per heavy atom. The fourth-order valence-electron chi connectivity index (χ4n) is 1.79. The van der Waals surface area contributed by atoms with Gasteiger partial charge < -0.3 is 10.6 Å². The first kappa shape index (κ1) is 14.8. The van der Waals surface area contributed by atoms with E-state index in [4.69, 9.17) is 0 Å². The van der Waals surface area contributed by atoms with Gasteiger partial charge in [0.1, 0.15) is 5.82 Å². The molecular formula is C17H19N3O. The fourth-order valence-corrected chi connectivity index (χ4v) is 1.79. The van der Waals surface area contributed by atoms with E-state index >= 15 is 0 Å². The molecule has 2 N–H and O–H groups in total. The Morgan fingerprint density at radius 3 is 2.57 bits per heavy atom. The predicted molar refractivity (Wildman–Crippen MR) is 86.3 cm³/mol. The van der Waals surface area contributed by atoms with Crippen molar-refractivity contribution in [3.05, 3.63) is 66.4 Å². The average molecular weight is 281 g/mol. The van der Waals surface area contributed by atoms with E-state index in [-0.39, 0.29) is 5.91 Å². The maximum atomic E-state index is 11.5. The van der Waals surface area contributed by atoms with E-state index in [2.05, 4.69) is 34.3 Å². The van der Waals surface area contributed by atoms with E-state index in [9.17, 15) is 4.79 Å². The molecule has 4 nitrogen and oxygen atoms in total. The molecule has 0 radical (unpaired) electrons. The second-order valence-corrected chi connectivity index (χ2v) is 4.83. The van der Waals surface area contributed by atoms with Crippen LogP contribution in [0.25, 0.3) is 0 Å². The van der Waals surface area contributed by atoms with E-state index in [1.54, 1.807) is 13.1 Å². The van der Waals surface area contributed by atoms with Crippen LogP contribution >= 0.6 is 0 Å². The van der Waals surface area contributed by atoms with Gasteiger partial charge in [-0.25, -0.2) is 4.98 Å². The minimum atomic E-state index is -0.193. The van der Waals surface area contributed by atoms with Crippen LogP contribution in [0.3, 0.4) is 0 Å². The third-order valence-electron chi connectivity index (χ3n) is 2.97. The zero-order chi connectivity index (χ0) is 15.1. The third kappa shape index (κ3) is 4.76. The van der Waals surface area contributed by atoms with Crippen LogP contribution < -0.4 is 10.6 Å². The first-order chi connectivity index (χ1) is 10.1. The van der Waals surface area contributed by atoms with Gasteiger partial charge in [0.05, 0.1) is 11.9 Å². The van der Waals surface area contributed by atoms with E-state index in [1.807, 2.05) is 30.3 Å². The molecule has 0 spiro atoms. The first-order valence-electron chi connectivity index (χ1n) is 6.86. The summed E-state index contributed by atoms with van der Waals surface area (Å²) in [6.45, 7) is 6.08. The first-order valence-corrected chi connectivity index (χ1v) is 6.86. The van der Waals surface area contributed by atoms with E-state index < -0.39 is 0 Å². The molecule has 4 heteroatoms. The molecule has 2 aromatic rings. The lowest BCUT2D eigenvalue weighted by molar-refractivity contribution is -0.112. The van der Waals surface area contributed by atoms with Crippen molar-refractivity contribution in [2.24, 2.45) is 0 Å². The van der Waals surface area contributed by atoms with Crippen LogP contribution in [0.2, 0.25) is 0 Å². The molecule has 0 unspecified atom stereocenters. The summed E-state index contributed by atoms with van der Waals surface area (Å²) in [5.41, 5.74) is 2.42. The zero-order valence-corrected chi connectivity index (χ0v) is 12.1. The Hall–Kier alpha value is -2.62. The maximum absolute atomic E-state index is 11.5. The van der Waals surface area contributed by atoms with Crippen molar-refractivity contribution >= 4 is 17.4 Å². The van der Waals surface area contributed by atoms with Gasteiger partial charge in [-0.15, -0.1) is 0 Å². The summed E-state index contributed by atoms with van der Waals surface area (Å²) in [4.78, 5) is 15.7. The number of anilines is 2. The Bertz CT molecular complexity index is 606. The molecule has 0 saturated carbocycles. The Kier molecular flexibility index (Phi) is 5.10. The molecule has 1 heterocycles. The number of amides is 1. The van der Waals surface area contributed by atoms with Crippen LogP contribution in [0.1, 0.15) is 12.5 Å². The van der Waals surface area contributed by atoms with Crippen LogP contribution in [0.5, 0.6) is 0 Å². The predicted octanol–water partition coefficient (Wildman–Crippen LogP) is 3.25. The summed E-state index contributed by atoms with van der Waals surface area (Å²) in [6.07, 6.45) is 2.57. The van der Waals surface area contributed by atoms with Gasteiger partial charge in [0.25, 0.3) is 5.91 Å². The van der Waals surface area contributed by atoms with Crippen molar-refractivity contribution in [3.8, 4) is 0 Å². The fraction of sp³-hybridized carbons (Fsp3) is 0.176. The number of nitrogens with one attached hydrogen (secondary N) is 2. The van der Waals surface area contributed by atoms with E-state index in [1.165, 1.54) is 5.56 Å². The number of hydrogen-bond donors (Lipinski definition) is 2. The average Bonchev–Trinajstić information content (AvgIpc) is 2.50. The van der Waals surface area contributed by atoms with Crippen LogP contribution in [-0.2, 0) is 11.2 Å². The number of benzene rings is 1. The number of pyridine rings is 1. The van der Waals surface area contributed by atoms with Crippen molar-refractivity contribution in [2.75, 3.05) is 17.2 Å². The highest BCUT2D eigenvalue weighted by Crippen LogP contribution is 2.10. The van der Waals surface area contributed by atoms with Crippen molar-refractivity contribution in [1.82, 2.24) is 4.98 Å². The molecule has 2 rings (SSSR count). The number of hydrogen-bond acceptors (Lipinski definition) is 3. The molecular weight excluding hydrogens is 262 g/mol. The van der Waals surface area contributed by atoms with Gasteiger partial charge in [-0.2, -0.15) is 0 Å². The molecule has 1 aromatic heterocycles. The number of rotatable bonds is 6. The minimum absolute atomic E-state index is 0.193. The van der Waals surface area contributed by atoms with E-state index in [0.29, 0.717) is 11.3 Å². The molecule has 0 aliphatic heterocycles. The topological polar surface area (TPSA) is 54.0 Å². The second kappa shape index (κ2) is 7.24. The lowest BCUT2D eigenvalue weighted by atomic mass is 10.1. The molecule has 21 heavy (non-hydrogen) atoms. The van der Waals surface area contributed by atoms with Gasteiger partial charge in [0.2, 0.25) is 0 Å². The number of nitrogens with zero attached hydrogens (tertiary/aromatic N) is 1. The number of carbonyl (C=O) groups excluding carboxylic acids is 1. The Balaban J connectivity index is 1.82. The largest absolute Gasteiger partial charge is 0.370 e. The standard InChI is InChI=1S/C17H19N3O/c1-13(2)17(21)20-15-8-9-16(19-12-15)18-11-10-14-6-4-3-5-7-14/h3-9,12H,1,10-11H2,2H3,(H,18,19)(H,20,21). The summed E-state index contributed by atoms with van der Waals surface area (Å²) in [6, 6.07) is 13.9. The lowest BCUT2D eigenvalue weighted by Crippen LogP contribution is -2.12. The molecule has 0 aliphatic rings. The highest BCUT2D eigenvalue weighted by atomic mass is 16.1. The van der Waals surface area contributed by atoms with Gasteiger partial charge in [0, 0.05) is 12.1 Å². The van der Waals surface area contributed by atoms with Crippen molar-refractivity contribution in [2.45, 2.75) is 13.3 Å². The normalized spacial score (nSPS) is 9.95. The maximum Gasteiger partial charge on any atom is 0.250 e. The Morgan fingerprint density at radius 1 is 1.19 bits per heavy atom. The molecule has 0 saturated heterocycles. The molecule has 0 bridgehead atoms. The monoisotopic (exact) mass is 281 g/mol. The molecule has 0 aliphatic carbocycles. The van der Waals surface area contributed by atoms with Gasteiger partial charge in [-0.3, -0.25) is 4.79 Å². The summed E-state index contributed by atoms with van der Waals surface area (Å²) < 4.78 is 0. The van der Waals surface area contributed by atoms with Gasteiger partial charge in [0.15, 0.2) is 0 Å². The summed E-state index contributed by atoms with van der Waals surface area (Å²) in [7, 11) is 0. The number of carbonyl (C=O) groups is 1.